The van der Waals surface area contributed by atoms with Crippen LogP contribution in [-0.2, 0) is 13.0 Å². The van der Waals surface area contributed by atoms with Crippen LogP contribution in [0.1, 0.15) is 11.1 Å². The van der Waals surface area contributed by atoms with Gasteiger partial charge in [-0.25, -0.2) is 9.37 Å². The Morgan fingerprint density at radius 1 is 1.06 bits per heavy atom. The van der Waals surface area contributed by atoms with Crippen LogP contribution in [-0.4, -0.2) is 39.8 Å². The van der Waals surface area contributed by atoms with Crippen LogP contribution in [0.5, 0.6) is 0 Å². The lowest BCUT2D eigenvalue weighted by molar-refractivity contribution is 0.311. The van der Waals surface area contributed by atoms with Crippen LogP contribution < -0.4 is 16.0 Å². The third-order valence-electron chi connectivity index (χ3n) is 5.43. The molecule has 31 heavy (non-hydrogen) atoms. The second kappa shape index (κ2) is 8.33. The minimum absolute atomic E-state index is 0.0400. The van der Waals surface area contributed by atoms with Crippen molar-refractivity contribution in [1.82, 2.24) is 20.3 Å². The van der Waals surface area contributed by atoms with Crippen molar-refractivity contribution in [2.75, 3.05) is 30.3 Å². The number of nitrogens with one attached hydrogen (secondary N) is 4. The molecule has 4 aromatic rings. The Kier molecular flexibility index (Phi) is 5.23. The van der Waals surface area contributed by atoms with Crippen LogP contribution in [0.15, 0.2) is 48.7 Å². The van der Waals surface area contributed by atoms with E-state index in [-0.39, 0.29) is 12.4 Å². The number of aliphatic hydroxyl groups is 1. The molecule has 0 bridgehead atoms. The maximum absolute atomic E-state index is 14.9. The summed E-state index contributed by atoms with van der Waals surface area (Å²) in [5, 5.41) is 19.6. The van der Waals surface area contributed by atoms with E-state index in [1.54, 1.807) is 18.3 Å². The van der Waals surface area contributed by atoms with Gasteiger partial charge < -0.3 is 26.0 Å². The van der Waals surface area contributed by atoms with Crippen molar-refractivity contribution in [3.05, 3.63) is 65.6 Å². The zero-order chi connectivity index (χ0) is 21.2. The van der Waals surface area contributed by atoms with Crippen molar-refractivity contribution in [3.8, 4) is 11.3 Å². The predicted octanol–water partition coefficient (Wildman–Crippen LogP) is 3.56. The summed E-state index contributed by atoms with van der Waals surface area (Å²) >= 11 is 0. The van der Waals surface area contributed by atoms with E-state index in [9.17, 15) is 9.50 Å². The van der Waals surface area contributed by atoms with Crippen LogP contribution in [0.4, 0.5) is 21.8 Å². The highest BCUT2D eigenvalue weighted by Gasteiger charge is 2.16. The molecule has 0 saturated carbocycles. The molecular weight excluding hydrogens is 395 g/mol. The Bertz CT molecular complexity index is 1240. The molecule has 3 heterocycles. The van der Waals surface area contributed by atoms with Crippen molar-refractivity contribution in [3.63, 3.8) is 0 Å². The van der Waals surface area contributed by atoms with Gasteiger partial charge in [-0.05, 0) is 54.4 Å². The molecular formula is C23H23FN6O. The van der Waals surface area contributed by atoms with E-state index in [4.69, 9.17) is 0 Å². The van der Waals surface area contributed by atoms with E-state index in [1.165, 1.54) is 17.2 Å². The largest absolute Gasteiger partial charge is 0.395 e. The van der Waals surface area contributed by atoms with Crippen LogP contribution >= 0.6 is 0 Å². The molecule has 8 heteroatoms. The number of anilines is 3. The smallest absolute Gasteiger partial charge is 0.229 e. The first-order chi connectivity index (χ1) is 15.2. The maximum Gasteiger partial charge on any atom is 0.229 e. The molecule has 7 nitrogen and oxygen atoms in total. The lowest BCUT2D eigenvalue weighted by Gasteiger charge is -2.18. The first-order valence-electron chi connectivity index (χ1n) is 10.3. The number of hydrogen-bond donors (Lipinski definition) is 5. The van der Waals surface area contributed by atoms with E-state index in [0.29, 0.717) is 29.6 Å². The number of aromatic nitrogens is 3. The van der Waals surface area contributed by atoms with Gasteiger partial charge >= 0.3 is 0 Å². The molecule has 5 rings (SSSR count). The van der Waals surface area contributed by atoms with Crippen LogP contribution in [0.3, 0.4) is 0 Å². The fourth-order valence-corrected chi connectivity index (χ4v) is 3.96. The van der Waals surface area contributed by atoms with Crippen LogP contribution in [0.2, 0.25) is 0 Å². The quantitative estimate of drug-likeness (QED) is 0.329. The highest BCUT2D eigenvalue weighted by molar-refractivity contribution is 5.95. The number of rotatable bonds is 6. The first-order valence-corrected chi connectivity index (χ1v) is 10.3. The number of fused-ring (bicyclic) bond motifs is 2. The summed E-state index contributed by atoms with van der Waals surface area (Å²) in [6.45, 7) is 2.11. The summed E-state index contributed by atoms with van der Waals surface area (Å²) in [5.41, 5.74) is 5.15. The van der Waals surface area contributed by atoms with E-state index in [2.05, 4.69) is 43.0 Å². The van der Waals surface area contributed by atoms with Gasteiger partial charge in [-0.1, -0.05) is 6.07 Å². The number of hydrogen-bond acceptors (Lipinski definition) is 6. The van der Waals surface area contributed by atoms with E-state index >= 15 is 0 Å². The van der Waals surface area contributed by atoms with Gasteiger partial charge in [0.1, 0.15) is 11.6 Å². The summed E-state index contributed by atoms with van der Waals surface area (Å²) in [4.78, 5) is 12.2. The molecule has 158 valence electrons. The fraction of sp³-hybridized carbons (Fsp3) is 0.217. The Labute approximate surface area is 178 Å². The Morgan fingerprint density at radius 3 is 2.90 bits per heavy atom. The van der Waals surface area contributed by atoms with E-state index in [1.807, 2.05) is 12.1 Å². The molecule has 0 spiro atoms. The van der Waals surface area contributed by atoms with E-state index < -0.39 is 0 Å². The first kappa shape index (κ1) is 19.5. The number of nitrogens with zero attached hydrogens (tertiary/aromatic N) is 2. The third-order valence-corrected chi connectivity index (χ3v) is 5.43. The molecule has 0 radical (unpaired) electrons. The minimum Gasteiger partial charge on any atom is -0.395 e. The van der Waals surface area contributed by atoms with E-state index in [0.717, 1.165) is 36.1 Å². The summed E-state index contributed by atoms with van der Waals surface area (Å²) < 4.78 is 14.9. The molecule has 2 aromatic heterocycles. The number of aliphatic hydroxyl groups excluding tert-OH is 1. The maximum atomic E-state index is 14.9. The molecule has 0 aliphatic carbocycles. The number of H-pyrrole nitrogens is 1. The minimum atomic E-state index is -0.357. The lowest BCUT2D eigenvalue weighted by atomic mass is 10.0. The fourth-order valence-electron chi connectivity index (χ4n) is 3.96. The topological polar surface area (TPSA) is 97.9 Å². The Morgan fingerprint density at radius 2 is 2.00 bits per heavy atom. The number of aromatic amines is 1. The molecule has 2 aromatic carbocycles. The van der Waals surface area contributed by atoms with Gasteiger partial charge in [0.25, 0.3) is 0 Å². The Balaban J connectivity index is 1.56. The predicted molar refractivity (Wildman–Crippen MR) is 120 cm³/mol. The summed E-state index contributed by atoms with van der Waals surface area (Å²) in [6.07, 6.45) is 2.79. The van der Waals surface area contributed by atoms with Gasteiger partial charge in [-0.15, -0.1) is 0 Å². The molecule has 5 N–H and O–H groups in total. The highest BCUT2D eigenvalue weighted by Crippen LogP contribution is 2.32. The van der Waals surface area contributed by atoms with Crippen LogP contribution in [0, 0.1) is 5.82 Å². The van der Waals surface area contributed by atoms with Crippen molar-refractivity contribution >= 4 is 28.4 Å². The van der Waals surface area contributed by atoms with Crippen molar-refractivity contribution < 1.29 is 9.50 Å². The van der Waals surface area contributed by atoms with Crippen molar-refractivity contribution in [1.29, 1.82) is 0 Å². The monoisotopic (exact) mass is 418 g/mol. The average molecular weight is 418 g/mol. The molecule has 0 atom stereocenters. The number of halogens is 1. The van der Waals surface area contributed by atoms with Crippen molar-refractivity contribution in [2.45, 2.75) is 13.0 Å². The third kappa shape index (κ3) is 3.95. The molecule has 0 unspecified atom stereocenters. The normalized spacial score (nSPS) is 13.2. The van der Waals surface area contributed by atoms with Gasteiger partial charge in [0.2, 0.25) is 5.95 Å². The standard InChI is InChI=1S/C23H23FN6O/c24-18-3-4-19-17(6-8-26-19)22(18)20-12-21(27-9-10-31)30-23(29-20)28-16-2-1-14-5-7-25-13-15(14)11-16/h1-4,6,8,11-12,25-26,31H,5,7,9-10,13H2,(H2,27,28,29,30). The average Bonchev–Trinajstić information content (AvgIpc) is 3.26. The van der Waals surface area contributed by atoms with Gasteiger partial charge in [0, 0.05) is 47.5 Å². The molecule has 1 aliphatic rings. The second-order valence-electron chi connectivity index (χ2n) is 7.51. The summed E-state index contributed by atoms with van der Waals surface area (Å²) in [6, 6.07) is 12.9. The SMILES string of the molecule is OCCNc1cc(-c2c(F)ccc3[nH]ccc23)nc(Nc2ccc3c(c2)CNCC3)n1. The lowest BCUT2D eigenvalue weighted by Crippen LogP contribution is -2.23. The number of benzene rings is 2. The van der Waals surface area contributed by atoms with Crippen molar-refractivity contribution in [2.24, 2.45) is 0 Å². The van der Waals surface area contributed by atoms with Gasteiger partial charge in [0.15, 0.2) is 0 Å². The van der Waals surface area contributed by atoms with Gasteiger partial charge in [0.05, 0.1) is 12.3 Å². The molecule has 0 saturated heterocycles. The molecule has 0 fully saturated rings. The van der Waals surface area contributed by atoms with Gasteiger partial charge in [-0.2, -0.15) is 4.98 Å². The van der Waals surface area contributed by atoms with Gasteiger partial charge in [-0.3, -0.25) is 0 Å². The summed E-state index contributed by atoms with van der Waals surface area (Å²) in [5.74, 6) is 0.506. The molecule has 0 amide bonds. The second-order valence-corrected chi connectivity index (χ2v) is 7.51. The highest BCUT2D eigenvalue weighted by atomic mass is 19.1. The summed E-state index contributed by atoms with van der Waals surface area (Å²) in [7, 11) is 0. The zero-order valence-corrected chi connectivity index (χ0v) is 16.9. The van der Waals surface area contributed by atoms with Crippen LogP contribution in [0.25, 0.3) is 22.2 Å². The Hall–Kier alpha value is -3.49. The zero-order valence-electron chi connectivity index (χ0n) is 16.9. The molecule has 1 aliphatic heterocycles.